The molecule has 0 unspecified atom stereocenters. The topological polar surface area (TPSA) is 46.1 Å². The van der Waals surface area contributed by atoms with Gasteiger partial charge in [-0.15, -0.1) is 0 Å². The lowest BCUT2D eigenvalue weighted by Crippen LogP contribution is -2.36. The van der Waals surface area contributed by atoms with Gasteiger partial charge in [0.2, 0.25) is 0 Å². The van der Waals surface area contributed by atoms with E-state index in [1.54, 1.807) is 24.5 Å². The number of hydrogen-bond acceptors (Lipinski definition) is 3. The van der Waals surface area contributed by atoms with Crippen molar-refractivity contribution >= 4 is 23.1 Å². The number of halogens is 1. The Kier molecular flexibility index (Phi) is 5.33. The number of carbonyl (C=O) groups excluding carboxylic acids is 1. The highest BCUT2D eigenvalue weighted by atomic mass is 35.5. The second-order valence-electron chi connectivity index (χ2n) is 8.33. The number of piperidine rings is 1. The van der Waals surface area contributed by atoms with E-state index in [9.17, 15) is 4.79 Å². The van der Waals surface area contributed by atoms with Gasteiger partial charge in [-0.05, 0) is 79.1 Å². The lowest BCUT2D eigenvalue weighted by Gasteiger charge is -2.30. The molecule has 3 aromatic rings. The molecule has 0 radical (unpaired) electrons. The minimum Gasteiger partial charge on any atom is -0.338 e. The maximum Gasteiger partial charge on any atom is 0.253 e. The normalized spacial score (nSPS) is 15.9. The Balaban J connectivity index is 1.53. The molecule has 156 valence electrons. The summed E-state index contributed by atoms with van der Waals surface area (Å²) < 4.78 is 0. The molecule has 0 N–H and O–H groups in total. The van der Waals surface area contributed by atoms with Crippen LogP contribution in [0.25, 0.3) is 5.57 Å². The first-order chi connectivity index (χ1) is 15.1. The molecule has 1 fully saturated rings. The van der Waals surface area contributed by atoms with Crippen molar-refractivity contribution < 1.29 is 4.79 Å². The van der Waals surface area contributed by atoms with Crippen LogP contribution in [0.4, 0.5) is 0 Å². The van der Waals surface area contributed by atoms with Crippen molar-refractivity contribution in [3.63, 3.8) is 0 Å². The molecule has 1 aliphatic heterocycles. The number of benzene rings is 1. The molecule has 4 nitrogen and oxygen atoms in total. The molecule has 1 amide bonds. The lowest BCUT2D eigenvalue weighted by atomic mass is 9.88. The molecular formula is C26H24ClN3O. The van der Waals surface area contributed by atoms with E-state index in [4.69, 9.17) is 16.6 Å². The Bertz CT molecular complexity index is 1120. The van der Waals surface area contributed by atoms with Gasteiger partial charge in [-0.3, -0.25) is 14.8 Å². The number of carbonyl (C=O) groups is 1. The highest BCUT2D eigenvalue weighted by Crippen LogP contribution is 2.38. The summed E-state index contributed by atoms with van der Waals surface area (Å²) in [5.41, 5.74) is 9.41. The van der Waals surface area contributed by atoms with Crippen LogP contribution in [-0.2, 0) is 12.8 Å². The van der Waals surface area contributed by atoms with Crippen molar-refractivity contribution in [3.05, 3.63) is 99.1 Å². The summed E-state index contributed by atoms with van der Waals surface area (Å²) in [5, 5.41) is 0.774. The maximum absolute atomic E-state index is 12.9. The van der Waals surface area contributed by atoms with Crippen LogP contribution in [0, 0.1) is 6.92 Å². The second-order valence-corrected chi connectivity index (χ2v) is 8.76. The van der Waals surface area contributed by atoms with Gasteiger partial charge in [0.05, 0.1) is 5.69 Å². The van der Waals surface area contributed by atoms with Crippen molar-refractivity contribution in [3.8, 4) is 0 Å². The Labute approximate surface area is 187 Å². The molecule has 1 saturated heterocycles. The number of hydrogen-bond donors (Lipinski definition) is 0. The van der Waals surface area contributed by atoms with E-state index in [2.05, 4.69) is 30.1 Å². The van der Waals surface area contributed by atoms with Gasteiger partial charge in [0.15, 0.2) is 0 Å². The fourth-order valence-corrected chi connectivity index (χ4v) is 4.91. The Hall–Kier alpha value is -2.98. The molecule has 0 spiro atoms. The van der Waals surface area contributed by atoms with E-state index in [0.29, 0.717) is 18.7 Å². The lowest BCUT2D eigenvalue weighted by molar-refractivity contribution is 0.0743. The molecule has 0 atom stereocenters. The summed E-state index contributed by atoms with van der Waals surface area (Å²) in [4.78, 5) is 23.7. The Morgan fingerprint density at radius 3 is 2.48 bits per heavy atom. The minimum atomic E-state index is 0.0775. The summed E-state index contributed by atoms with van der Waals surface area (Å²) in [5.74, 6) is 0.0775. The number of nitrogens with zero attached hydrogens (tertiary/aromatic N) is 3. The molecule has 2 aliphatic rings. The predicted octanol–water partition coefficient (Wildman–Crippen LogP) is 5.28. The molecule has 2 aromatic heterocycles. The van der Waals surface area contributed by atoms with Crippen molar-refractivity contribution in [2.45, 2.75) is 32.6 Å². The quantitative estimate of drug-likeness (QED) is 0.529. The second kappa shape index (κ2) is 8.27. The van der Waals surface area contributed by atoms with Gasteiger partial charge in [-0.2, -0.15) is 0 Å². The average molecular weight is 430 g/mol. The van der Waals surface area contributed by atoms with Crippen molar-refractivity contribution in [2.24, 2.45) is 0 Å². The third kappa shape index (κ3) is 3.88. The van der Waals surface area contributed by atoms with Gasteiger partial charge in [-0.25, -0.2) is 0 Å². The molecule has 0 bridgehead atoms. The van der Waals surface area contributed by atoms with Crippen LogP contribution in [-0.4, -0.2) is 33.9 Å². The van der Waals surface area contributed by atoms with E-state index < -0.39 is 0 Å². The summed E-state index contributed by atoms with van der Waals surface area (Å²) in [6.45, 7) is 3.52. The fraction of sp³-hybridized carbons (Fsp3) is 0.269. The van der Waals surface area contributed by atoms with Gasteiger partial charge >= 0.3 is 0 Å². The highest BCUT2D eigenvalue weighted by Gasteiger charge is 2.27. The summed E-state index contributed by atoms with van der Waals surface area (Å²) in [6, 6.07) is 12.0. The highest BCUT2D eigenvalue weighted by molar-refractivity contribution is 6.30. The minimum absolute atomic E-state index is 0.0775. The largest absolute Gasteiger partial charge is 0.338 e. The first-order valence-electron chi connectivity index (χ1n) is 10.8. The number of aryl methyl sites for hydroxylation is 3. The summed E-state index contributed by atoms with van der Waals surface area (Å²) >= 11 is 6.33. The third-order valence-electron chi connectivity index (χ3n) is 6.28. The number of fused-ring (bicyclic) bond motifs is 2. The number of aromatic nitrogens is 2. The number of amides is 1. The van der Waals surface area contributed by atoms with Crippen LogP contribution >= 0.6 is 11.6 Å². The first kappa shape index (κ1) is 20.0. The van der Waals surface area contributed by atoms with Crippen LogP contribution in [0.1, 0.15) is 51.1 Å². The maximum atomic E-state index is 12.9. The van der Waals surface area contributed by atoms with Crippen LogP contribution in [0.15, 0.2) is 60.6 Å². The van der Waals surface area contributed by atoms with Crippen LogP contribution < -0.4 is 0 Å². The van der Waals surface area contributed by atoms with Crippen molar-refractivity contribution in [1.29, 1.82) is 0 Å². The first-order valence-corrected chi connectivity index (χ1v) is 11.1. The van der Waals surface area contributed by atoms with Gasteiger partial charge in [0.1, 0.15) is 0 Å². The Morgan fingerprint density at radius 1 is 0.968 bits per heavy atom. The van der Waals surface area contributed by atoms with Crippen LogP contribution in [0.5, 0.6) is 0 Å². The standard InChI is InChI=1S/C26H24ClN3O/c1-17-14-21-3-2-20-15-22(27)4-5-23(20)24(25(21)29-16-17)18-8-12-30(13-9-18)26(31)19-6-10-28-11-7-19/h4-7,10-11,14-16H,2-3,8-9,12-13H2,1H3. The van der Waals surface area contributed by atoms with Crippen LogP contribution in [0.3, 0.4) is 0 Å². The average Bonchev–Trinajstić information content (AvgIpc) is 2.95. The van der Waals surface area contributed by atoms with Crippen LogP contribution in [0.2, 0.25) is 5.02 Å². The number of pyridine rings is 2. The van der Waals surface area contributed by atoms with Crippen molar-refractivity contribution in [1.82, 2.24) is 14.9 Å². The van der Waals surface area contributed by atoms with Gasteiger partial charge in [0, 0.05) is 47.8 Å². The Morgan fingerprint density at radius 2 is 1.71 bits per heavy atom. The molecule has 5 heteroatoms. The third-order valence-corrected chi connectivity index (χ3v) is 6.51. The zero-order chi connectivity index (χ0) is 21.4. The molecule has 5 rings (SSSR count). The molecule has 1 aromatic carbocycles. The van der Waals surface area contributed by atoms with Gasteiger partial charge in [0.25, 0.3) is 5.91 Å². The predicted molar refractivity (Wildman–Crippen MR) is 123 cm³/mol. The number of rotatable bonds is 1. The SMILES string of the molecule is Cc1cnc2c(c1)CCc1cc(Cl)ccc1C2=C1CCN(C(=O)c2ccncc2)CC1. The van der Waals surface area contributed by atoms with E-state index in [-0.39, 0.29) is 5.91 Å². The monoisotopic (exact) mass is 429 g/mol. The number of likely N-dealkylation sites (tertiary alicyclic amines) is 1. The zero-order valence-electron chi connectivity index (χ0n) is 17.6. The van der Waals surface area contributed by atoms with E-state index in [1.807, 2.05) is 17.2 Å². The van der Waals surface area contributed by atoms with E-state index >= 15 is 0 Å². The summed E-state index contributed by atoms with van der Waals surface area (Å²) in [6.07, 6.45) is 8.92. The van der Waals surface area contributed by atoms with E-state index in [1.165, 1.54) is 33.4 Å². The fourth-order valence-electron chi connectivity index (χ4n) is 4.72. The zero-order valence-corrected chi connectivity index (χ0v) is 18.3. The molecule has 1 aliphatic carbocycles. The summed E-state index contributed by atoms with van der Waals surface area (Å²) in [7, 11) is 0. The van der Waals surface area contributed by atoms with E-state index in [0.717, 1.165) is 36.4 Å². The molecular weight excluding hydrogens is 406 g/mol. The van der Waals surface area contributed by atoms with Crippen molar-refractivity contribution in [2.75, 3.05) is 13.1 Å². The molecule has 3 heterocycles. The molecule has 0 saturated carbocycles. The van der Waals surface area contributed by atoms with Gasteiger partial charge in [-0.1, -0.05) is 29.3 Å². The van der Waals surface area contributed by atoms with Gasteiger partial charge < -0.3 is 4.90 Å². The molecule has 31 heavy (non-hydrogen) atoms. The smallest absolute Gasteiger partial charge is 0.253 e.